The molecule has 4 heteroatoms. The van der Waals surface area contributed by atoms with Crippen molar-refractivity contribution >= 4 is 17.3 Å². The van der Waals surface area contributed by atoms with Crippen molar-refractivity contribution in [1.29, 1.82) is 5.26 Å². The van der Waals surface area contributed by atoms with E-state index in [2.05, 4.69) is 30.1 Å². The molecular formula is C10H19N3S. The van der Waals surface area contributed by atoms with Gasteiger partial charge in [-0.25, -0.2) is 0 Å². The van der Waals surface area contributed by atoms with Crippen molar-refractivity contribution in [3.63, 3.8) is 0 Å². The fourth-order valence-corrected chi connectivity index (χ4v) is 1.47. The summed E-state index contributed by atoms with van der Waals surface area (Å²) < 4.78 is 0. The molecule has 0 unspecified atom stereocenters. The minimum Gasteiger partial charge on any atom is -0.363 e. The van der Waals surface area contributed by atoms with Gasteiger partial charge in [0.15, 0.2) is 5.11 Å². The predicted octanol–water partition coefficient (Wildman–Crippen LogP) is 1.75. The average Bonchev–Trinajstić information content (AvgIpc) is 2.12. The molecule has 0 aromatic heterocycles. The molecule has 0 aliphatic heterocycles. The van der Waals surface area contributed by atoms with Gasteiger partial charge in [0.05, 0.1) is 12.5 Å². The summed E-state index contributed by atoms with van der Waals surface area (Å²) in [7, 11) is 0. The number of thiocarbonyl (C=S) groups is 1. The Bertz CT molecular complexity index is 208. The van der Waals surface area contributed by atoms with Crippen LogP contribution in [0.15, 0.2) is 0 Å². The molecule has 14 heavy (non-hydrogen) atoms. The summed E-state index contributed by atoms with van der Waals surface area (Å²) in [5.74, 6) is 0.560. The quantitative estimate of drug-likeness (QED) is 0.706. The van der Waals surface area contributed by atoms with Gasteiger partial charge in [0, 0.05) is 19.6 Å². The van der Waals surface area contributed by atoms with Crippen LogP contribution in [0.4, 0.5) is 0 Å². The van der Waals surface area contributed by atoms with Crippen LogP contribution in [0.1, 0.15) is 27.2 Å². The van der Waals surface area contributed by atoms with Gasteiger partial charge in [-0.2, -0.15) is 5.26 Å². The van der Waals surface area contributed by atoms with Crippen molar-refractivity contribution < 1.29 is 0 Å². The Morgan fingerprint density at radius 1 is 1.57 bits per heavy atom. The highest BCUT2D eigenvalue weighted by molar-refractivity contribution is 7.80. The SMILES string of the molecule is CCNC(=S)N(CCC#N)CC(C)C. The van der Waals surface area contributed by atoms with Gasteiger partial charge in [-0.1, -0.05) is 13.8 Å². The van der Waals surface area contributed by atoms with Gasteiger partial charge >= 0.3 is 0 Å². The molecule has 0 heterocycles. The molecule has 0 saturated heterocycles. The van der Waals surface area contributed by atoms with Crippen LogP contribution in [0.5, 0.6) is 0 Å². The molecule has 80 valence electrons. The summed E-state index contributed by atoms with van der Waals surface area (Å²) in [6, 6.07) is 2.14. The lowest BCUT2D eigenvalue weighted by Crippen LogP contribution is -2.42. The fourth-order valence-electron chi connectivity index (χ4n) is 1.16. The van der Waals surface area contributed by atoms with Crippen molar-refractivity contribution in [2.24, 2.45) is 5.92 Å². The number of rotatable bonds is 5. The van der Waals surface area contributed by atoms with Gasteiger partial charge in [0.25, 0.3) is 0 Å². The second-order valence-corrected chi connectivity index (χ2v) is 3.97. The van der Waals surface area contributed by atoms with E-state index < -0.39 is 0 Å². The normalized spacial score (nSPS) is 9.64. The molecule has 0 aliphatic carbocycles. The summed E-state index contributed by atoms with van der Waals surface area (Å²) in [6.07, 6.45) is 0.526. The molecule has 0 atom stereocenters. The third-order valence-corrected chi connectivity index (χ3v) is 2.10. The first-order chi connectivity index (χ1) is 6.61. The first-order valence-corrected chi connectivity index (χ1v) is 5.42. The van der Waals surface area contributed by atoms with Gasteiger partial charge in [-0.05, 0) is 25.1 Å². The standard InChI is InChI=1S/C10H19N3S/c1-4-12-10(14)13(7-5-6-11)8-9(2)3/h9H,4-5,7-8H2,1-3H3,(H,12,14). The Labute approximate surface area is 92.1 Å². The van der Waals surface area contributed by atoms with E-state index in [-0.39, 0.29) is 0 Å². The molecule has 0 rings (SSSR count). The number of nitrogens with zero attached hydrogens (tertiary/aromatic N) is 2. The minimum absolute atomic E-state index is 0.526. The predicted molar refractivity (Wildman–Crippen MR) is 62.9 cm³/mol. The second-order valence-electron chi connectivity index (χ2n) is 3.58. The molecule has 0 fully saturated rings. The topological polar surface area (TPSA) is 39.1 Å². The van der Waals surface area contributed by atoms with E-state index in [1.54, 1.807) is 0 Å². The van der Waals surface area contributed by atoms with Gasteiger partial charge in [-0.3, -0.25) is 0 Å². The highest BCUT2D eigenvalue weighted by atomic mass is 32.1. The zero-order valence-electron chi connectivity index (χ0n) is 9.21. The van der Waals surface area contributed by atoms with Gasteiger partial charge < -0.3 is 10.2 Å². The van der Waals surface area contributed by atoms with Crippen LogP contribution < -0.4 is 5.32 Å². The van der Waals surface area contributed by atoms with E-state index in [0.717, 1.165) is 24.7 Å². The molecular weight excluding hydrogens is 194 g/mol. The maximum absolute atomic E-state index is 8.52. The van der Waals surface area contributed by atoms with E-state index in [1.807, 2.05) is 6.92 Å². The first kappa shape index (κ1) is 13.2. The zero-order valence-corrected chi connectivity index (χ0v) is 10.0. The van der Waals surface area contributed by atoms with Gasteiger partial charge in [0.2, 0.25) is 0 Å². The Kier molecular flexibility index (Phi) is 7.13. The average molecular weight is 213 g/mol. The Hall–Kier alpha value is -0.820. The monoisotopic (exact) mass is 213 g/mol. The summed E-state index contributed by atoms with van der Waals surface area (Å²) >= 11 is 5.21. The number of hydrogen-bond donors (Lipinski definition) is 1. The summed E-state index contributed by atoms with van der Waals surface area (Å²) in [5.41, 5.74) is 0. The highest BCUT2D eigenvalue weighted by Crippen LogP contribution is 2.00. The van der Waals surface area contributed by atoms with Crippen LogP contribution in [0.3, 0.4) is 0 Å². The lowest BCUT2D eigenvalue weighted by atomic mass is 10.2. The van der Waals surface area contributed by atoms with Gasteiger partial charge in [-0.15, -0.1) is 0 Å². The zero-order chi connectivity index (χ0) is 11.0. The summed E-state index contributed by atoms with van der Waals surface area (Å²) in [6.45, 7) is 8.78. The second kappa shape index (κ2) is 7.57. The fraction of sp³-hybridized carbons (Fsp3) is 0.800. The summed E-state index contributed by atoms with van der Waals surface area (Å²) in [5, 5.41) is 12.4. The number of nitrogens with one attached hydrogen (secondary N) is 1. The third-order valence-electron chi connectivity index (χ3n) is 1.69. The van der Waals surface area contributed by atoms with Crippen molar-refractivity contribution in [1.82, 2.24) is 10.2 Å². The maximum Gasteiger partial charge on any atom is 0.168 e. The van der Waals surface area contributed by atoms with Crippen molar-refractivity contribution in [3.8, 4) is 6.07 Å². The van der Waals surface area contributed by atoms with Crippen molar-refractivity contribution in [3.05, 3.63) is 0 Å². The lowest BCUT2D eigenvalue weighted by Gasteiger charge is -2.26. The highest BCUT2D eigenvalue weighted by Gasteiger charge is 2.09. The van der Waals surface area contributed by atoms with Crippen LogP contribution in [-0.2, 0) is 0 Å². The van der Waals surface area contributed by atoms with Crippen LogP contribution in [0.25, 0.3) is 0 Å². The minimum atomic E-state index is 0.526. The third kappa shape index (κ3) is 5.76. The van der Waals surface area contributed by atoms with E-state index in [4.69, 9.17) is 17.5 Å². The summed E-state index contributed by atoms with van der Waals surface area (Å²) in [4.78, 5) is 2.06. The molecule has 0 radical (unpaired) electrons. The molecule has 0 spiro atoms. The number of nitriles is 1. The van der Waals surface area contributed by atoms with E-state index >= 15 is 0 Å². The van der Waals surface area contributed by atoms with E-state index in [0.29, 0.717) is 12.3 Å². The Morgan fingerprint density at radius 3 is 2.64 bits per heavy atom. The van der Waals surface area contributed by atoms with E-state index in [9.17, 15) is 0 Å². The Balaban J connectivity index is 4.09. The van der Waals surface area contributed by atoms with Gasteiger partial charge in [0.1, 0.15) is 0 Å². The molecule has 0 aliphatic rings. The largest absolute Gasteiger partial charge is 0.363 e. The molecule has 0 amide bonds. The van der Waals surface area contributed by atoms with E-state index in [1.165, 1.54) is 0 Å². The molecule has 1 N–H and O–H groups in total. The van der Waals surface area contributed by atoms with Crippen LogP contribution in [0, 0.1) is 17.2 Å². The number of hydrogen-bond acceptors (Lipinski definition) is 2. The Morgan fingerprint density at radius 2 is 2.21 bits per heavy atom. The van der Waals surface area contributed by atoms with Crippen molar-refractivity contribution in [2.45, 2.75) is 27.2 Å². The molecule has 0 aromatic rings. The van der Waals surface area contributed by atoms with Crippen LogP contribution in [-0.4, -0.2) is 29.6 Å². The molecule has 0 bridgehead atoms. The van der Waals surface area contributed by atoms with Crippen molar-refractivity contribution in [2.75, 3.05) is 19.6 Å². The first-order valence-electron chi connectivity index (χ1n) is 5.01. The van der Waals surface area contributed by atoms with Crippen LogP contribution >= 0.6 is 12.2 Å². The smallest absolute Gasteiger partial charge is 0.168 e. The maximum atomic E-state index is 8.52. The molecule has 0 aromatic carbocycles. The molecule has 3 nitrogen and oxygen atoms in total. The van der Waals surface area contributed by atoms with Crippen LogP contribution in [0.2, 0.25) is 0 Å². The lowest BCUT2D eigenvalue weighted by molar-refractivity contribution is 0.367. The molecule has 0 saturated carbocycles.